The molecule has 9 nitrogen and oxygen atoms in total. The van der Waals surface area contributed by atoms with Gasteiger partial charge in [-0.3, -0.25) is 9.36 Å². The Morgan fingerprint density at radius 3 is 2.32 bits per heavy atom. The summed E-state index contributed by atoms with van der Waals surface area (Å²) in [5.74, 6) is 0.202. The molecule has 1 unspecified atom stereocenters. The minimum Gasteiger partial charge on any atom is -0.493 e. The van der Waals surface area contributed by atoms with Crippen LogP contribution in [0.1, 0.15) is 30.7 Å². The van der Waals surface area contributed by atoms with Crippen LogP contribution in [0.25, 0.3) is 5.69 Å². The summed E-state index contributed by atoms with van der Waals surface area (Å²) < 4.78 is 62.3. The molecule has 0 fully saturated rings. The summed E-state index contributed by atoms with van der Waals surface area (Å²) in [4.78, 5) is 37.1. The molecule has 1 heterocycles. The summed E-state index contributed by atoms with van der Waals surface area (Å²) in [5.41, 5.74) is -2.18. The molecule has 2 aromatic carbocycles. The number of ether oxygens (including phenoxy) is 4. The van der Waals surface area contributed by atoms with E-state index in [2.05, 4.69) is 0 Å². The highest BCUT2D eigenvalue weighted by Gasteiger charge is 2.35. The van der Waals surface area contributed by atoms with Crippen LogP contribution in [0.15, 0.2) is 52.1 Å². The van der Waals surface area contributed by atoms with Gasteiger partial charge in [-0.15, -0.1) is 0 Å². The molecule has 12 heteroatoms. The standard InChI is InChI=1S/C26H27F3N2O7/c1-6-16-7-8-17(20(11-16)38-15(2)24(33)36-5)14-37-21-12-18(9-10-19(21)35-4)31-23(32)13-22(26(27,28)29)30(3)25(31)34/h7-13,15H,6,14H2,1-5H3. The maximum absolute atomic E-state index is 13.2. The highest BCUT2D eigenvalue weighted by molar-refractivity contribution is 5.74. The highest BCUT2D eigenvalue weighted by Crippen LogP contribution is 2.32. The summed E-state index contributed by atoms with van der Waals surface area (Å²) >= 11 is 0. The normalized spacial score (nSPS) is 12.1. The summed E-state index contributed by atoms with van der Waals surface area (Å²) in [7, 11) is 3.57. The lowest BCUT2D eigenvalue weighted by Gasteiger charge is -2.18. The average Bonchev–Trinajstić information content (AvgIpc) is 2.88. The molecule has 0 saturated heterocycles. The van der Waals surface area contributed by atoms with Gasteiger partial charge in [0, 0.05) is 24.7 Å². The van der Waals surface area contributed by atoms with E-state index in [9.17, 15) is 27.6 Å². The van der Waals surface area contributed by atoms with Crippen molar-refractivity contribution in [1.29, 1.82) is 0 Å². The molecule has 0 N–H and O–H groups in total. The third kappa shape index (κ3) is 6.01. The van der Waals surface area contributed by atoms with Crippen LogP contribution in [-0.2, 0) is 35.8 Å². The molecule has 1 aromatic heterocycles. The fourth-order valence-corrected chi connectivity index (χ4v) is 3.66. The molecule has 0 spiro atoms. The average molecular weight is 537 g/mol. The number of halogens is 3. The largest absolute Gasteiger partial charge is 0.493 e. The van der Waals surface area contributed by atoms with Crippen molar-refractivity contribution < 1.29 is 36.9 Å². The number of rotatable bonds is 9. The first-order valence-corrected chi connectivity index (χ1v) is 11.5. The maximum atomic E-state index is 13.2. The van der Waals surface area contributed by atoms with E-state index in [-0.39, 0.29) is 23.8 Å². The minimum absolute atomic E-state index is 0.0164. The number of hydrogen-bond acceptors (Lipinski definition) is 7. The van der Waals surface area contributed by atoms with Crippen LogP contribution in [0.4, 0.5) is 13.2 Å². The smallest absolute Gasteiger partial charge is 0.431 e. The third-order valence-corrected chi connectivity index (χ3v) is 5.78. The summed E-state index contributed by atoms with van der Waals surface area (Å²) in [6.07, 6.45) is -5.04. The lowest BCUT2D eigenvalue weighted by molar-refractivity contribution is -0.148. The van der Waals surface area contributed by atoms with Gasteiger partial charge < -0.3 is 18.9 Å². The number of carbonyl (C=O) groups excluding carboxylic acids is 1. The lowest BCUT2D eigenvalue weighted by Crippen LogP contribution is -2.40. The van der Waals surface area contributed by atoms with E-state index < -0.39 is 35.2 Å². The fraction of sp³-hybridized carbons (Fsp3) is 0.346. The number of hydrogen-bond donors (Lipinski definition) is 0. The molecular formula is C26H27F3N2O7. The summed E-state index contributed by atoms with van der Waals surface area (Å²) in [6, 6.07) is 9.85. The zero-order valence-corrected chi connectivity index (χ0v) is 21.4. The topological polar surface area (TPSA) is 98.0 Å². The number of aromatic nitrogens is 2. The number of methoxy groups -OCH3 is 2. The van der Waals surface area contributed by atoms with Gasteiger partial charge in [0.15, 0.2) is 17.6 Å². The van der Waals surface area contributed by atoms with Crippen LogP contribution in [0.5, 0.6) is 17.2 Å². The molecule has 0 bridgehead atoms. The van der Waals surface area contributed by atoms with Crippen LogP contribution in [0.3, 0.4) is 0 Å². The van der Waals surface area contributed by atoms with Gasteiger partial charge in [-0.25, -0.2) is 14.2 Å². The predicted octanol–water partition coefficient (Wildman–Crippen LogP) is 3.65. The first-order valence-electron chi connectivity index (χ1n) is 11.5. The van der Waals surface area contributed by atoms with Gasteiger partial charge in [0.2, 0.25) is 0 Å². The lowest BCUT2D eigenvalue weighted by atomic mass is 10.1. The molecule has 38 heavy (non-hydrogen) atoms. The monoisotopic (exact) mass is 536 g/mol. The summed E-state index contributed by atoms with van der Waals surface area (Å²) in [5, 5.41) is 0. The van der Waals surface area contributed by atoms with E-state index >= 15 is 0 Å². The van der Waals surface area contributed by atoms with E-state index in [1.54, 1.807) is 19.1 Å². The van der Waals surface area contributed by atoms with Crippen LogP contribution in [0.2, 0.25) is 0 Å². The second kappa shape index (κ2) is 11.4. The molecule has 1 atom stereocenters. The van der Waals surface area contributed by atoms with Crippen molar-refractivity contribution in [2.24, 2.45) is 7.05 Å². The zero-order valence-electron chi connectivity index (χ0n) is 21.4. The number of benzene rings is 2. The van der Waals surface area contributed by atoms with Gasteiger partial charge in [0.05, 0.1) is 19.9 Å². The molecule has 0 aliphatic heterocycles. The van der Waals surface area contributed by atoms with E-state index in [1.165, 1.54) is 32.4 Å². The van der Waals surface area contributed by atoms with Crippen molar-refractivity contribution in [2.75, 3.05) is 14.2 Å². The second-order valence-corrected chi connectivity index (χ2v) is 8.25. The van der Waals surface area contributed by atoms with Crippen molar-refractivity contribution in [2.45, 2.75) is 39.2 Å². The van der Waals surface area contributed by atoms with Gasteiger partial charge in [-0.2, -0.15) is 13.2 Å². The molecule has 204 valence electrons. The van der Waals surface area contributed by atoms with E-state index in [1.807, 2.05) is 13.0 Å². The molecule has 0 amide bonds. The highest BCUT2D eigenvalue weighted by atomic mass is 19.4. The van der Waals surface area contributed by atoms with Crippen molar-refractivity contribution in [3.05, 3.63) is 80.1 Å². The molecule has 0 radical (unpaired) electrons. The Morgan fingerprint density at radius 2 is 1.71 bits per heavy atom. The van der Waals surface area contributed by atoms with Gasteiger partial charge in [-0.1, -0.05) is 19.1 Å². The first kappa shape index (κ1) is 28.4. The molecule has 3 rings (SSSR count). The predicted molar refractivity (Wildman–Crippen MR) is 131 cm³/mol. The van der Waals surface area contributed by atoms with E-state index in [0.29, 0.717) is 26.5 Å². The van der Waals surface area contributed by atoms with Gasteiger partial charge >= 0.3 is 17.8 Å². The Bertz CT molecular complexity index is 1440. The van der Waals surface area contributed by atoms with Crippen molar-refractivity contribution in [1.82, 2.24) is 9.13 Å². The quantitative estimate of drug-likeness (QED) is 0.385. The molecule has 0 aliphatic rings. The minimum atomic E-state index is -4.88. The first-order chi connectivity index (χ1) is 17.9. The van der Waals surface area contributed by atoms with Crippen LogP contribution >= 0.6 is 0 Å². The molecule has 0 saturated carbocycles. The Balaban J connectivity index is 1.99. The van der Waals surface area contributed by atoms with E-state index in [0.717, 1.165) is 19.0 Å². The number of alkyl halides is 3. The van der Waals surface area contributed by atoms with E-state index in [4.69, 9.17) is 18.9 Å². The van der Waals surface area contributed by atoms with Crippen molar-refractivity contribution >= 4 is 5.97 Å². The molecule has 3 aromatic rings. The SMILES string of the molecule is CCc1ccc(COc2cc(-n3c(=O)cc(C(F)(F)F)n(C)c3=O)ccc2OC)c(OC(C)C(=O)OC)c1. The maximum Gasteiger partial charge on any atom is 0.431 e. The van der Waals surface area contributed by atoms with Crippen molar-refractivity contribution in [3.8, 4) is 22.9 Å². The zero-order chi connectivity index (χ0) is 28.2. The number of esters is 1. The fourth-order valence-electron chi connectivity index (χ4n) is 3.66. The Kier molecular flexibility index (Phi) is 8.54. The van der Waals surface area contributed by atoms with Crippen LogP contribution < -0.4 is 25.5 Å². The molecule has 0 aliphatic carbocycles. The number of aryl methyl sites for hydroxylation is 1. The Hall–Kier alpha value is -4.22. The Morgan fingerprint density at radius 1 is 1.00 bits per heavy atom. The second-order valence-electron chi connectivity index (χ2n) is 8.25. The van der Waals surface area contributed by atoms with Gasteiger partial charge in [-0.05, 0) is 37.1 Å². The van der Waals surface area contributed by atoms with Crippen LogP contribution in [0, 0.1) is 0 Å². The van der Waals surface area contributed by atoms with Gasteiger partial charge in [0.25, 0.3) is 5.56 Å². The molecular weight excluding hydrogens is 509 g/mol. The Labute approximate surface area is 215 Å². The third-order valence-electron chi connectivity index (χ3n) is 5.78. The van der Waals surface area contributed by atoms with Crippen LogP contribution in [-0.4, -0.2) is 35.4 Å². The van der Waals surface area contributed by atoms with Gasteiger partial charge in [0.1, 0.15) is 18.1 Å². The number of nitrogens with zero attached hydrogens (tertiary/aromatic N) is 2. The summed E-state index contributed by atoms with van der Waals surface area (Å²) in [6.45, 7) is 3.44. The van der Waals surface area contributed by atoms with Crippen molar-refractivity contribution in [3.63, 3.8) is 0 Å². The number of carbonyl (C=O) groups is 1.